The van der Waals surface area contributed by atoms with Gasteiger partial charge in [0, 0.05) is 0 Å². The highest BCUT2D eigenvalue weighted by Gasteiger charge is 2.47. The molecule has 1 saturated carbocycles. The van der Waals surface area contributed by atoms with Crippen LogP contribution in [0.15, 0.2) is 12.1 Å². The van der Waals surface area contributed by atoms with Crippen LogP contribution in [-0.2, 0) is 12.8 Å². The van der Waals surface area contributed by atoms with E-state index in [-0.39, 0.29) is 5.82 Å². The lowest BCUT2D eigenvalue weighted by atomic mass is 10.0. The molecule has 0 unspecified atom stereocenters. The second-order valence-corrected chi connectivity index (χ2v) is 4.56. The van der Waals surface area contributed by atoms with Gasteiger partial charge >= 0.3 is 0 Å². The van der Waals surface area contributed by atoms with E-state index >= 15 is 0 Å². The molecule has 0 N–H and O–H groups in total. The van der Waals surface area contributed by atoms with E-state index in [0.29, 0.717) is 11.0 Å². The molecule has 0 aliphatic heterocycles. The highest BCUT2D eigenvalue weighted by atomic mass is 19.1. The van der Waals surface area contributed by atoms with Crippen molar-refractivity contribution in [3.05, 3.63) is 34.6 Å². The van der Waals surface area contributed by atoms with Crippen LogP contribution in [0.1, 0.15) is 29.5 Å². The second-order valence-electron chi connectivity index (χ2n) is 4.56. The van der Waals surface area contributed by atoms with Crippen LogP contribution in [0.2, 0.25) is 0 Å². The van der Waals surface area contributed by atoms with E-state index in [9.17, 15) is 4.39 Å². The number of hydrogen-bond donors (Lipinski definition) is 0. The first-order valence-corrected chi connectivity index (χ1v) is 4.94. The molecular weight excluding hydrogens is 177 g/mol. The van der Waals surface area contributed by atoms with Gasteiger partial charge < -0.3 is 0 Å². The Hall–Kier alpha value is -1.36. The Morgan fingerprint density at radius 3 is 2.71 bits per heavy atom. The van der Waals surface area contributed by atoms with Gasteiger partial charge in [-0.25, -0.2) is 4.39 Å². The van der Waals surface area contributed by atoms with Crippen molar-refractivity contribution in [1.29, 1.82) is 5.26 Å². The molecule has 1 aromatic carbocycles. The zero-order chi connectivity index (χ0) is 9.76. The lowest BCUT2D eigenvalue weighted by molar-refractivity contribution is 0.535. The molecule has 70 valence electrons. The van der Waals surface area contributed by atoms with Gasteiger partial charge in [0.15, 0.2) is 0 Å². The average Bonchev–Trinajstić information content (AvgIpc) is 2.78. The number of hydrogen-bond acceptors (Lipinski definition) is 1. The van der Waals surface area contributed by atoms with Crippen molar-refractivity contribution in [1.82, 2.24) is 0 Å². The van der Waals surface area contributed by atoms with Crippen LogP contribution in [-0.4, -0.2) is 0 Å². The Morgan fingerprint density at radius 2 is 2.07 bits per heavy atom. The topological polar surface area (TPSA) is 23.8 Å². The Bertz CT molecular complexity index is 452. The van der Waals surface area contributed by atoms with Crippen LogP contribution < -0.4 is 0 Å². The fourth-order valence-electron chi connectivity index (χ4n) is 2.49. The average molecular weight is 187 g/mol. The SMILES string of the molecule is N#Cc1cc(F)c2c(c1)CC1(CC1)C2. The number of nitrogens with zero attached hydrogens (tertiary/aromatic N) is 1. The van der Waals surface area contributed by atoms with E-state index in [1.165, 1.54) is 18.9 Å². The Morgan fingerprint density at radius 1 is 1.29 bits per heavy atom. The normalized spacial score (nSPS) is 20.6. The van der Waals surface area contributed by atoms with E-state index in [2.05, 4.69) is 0 Å². The maximum Gasteiger partial charge on any atom is 0.128 e. The Balaban J connectivity index is 2.12. The third kappa shape index (κ3) is 0.988. The molecule has 0 atom stereocenters. The molecule has 1 spiro atoms. The molecule has 14 heavy (non-hydrogen) atoms. The summed E-state index contributed by atoms with van der Waals surface area (Å²) in [6, 6.07) is 5.22. The van der Waals surface area contributed by atoms with Crippen molar-refractivity contribution >= 4 is 0 Å². The summed E-state index contributed by atoms with van der Waals surface area (Å²) < 4.78 is 13.6. The standard InChI is InChI=1S/C12H10FN/c13-11-4-8(7-14)3-9-5-12(1-2-12)6-10(9)11/h3-4H,1-2,5-6H2. The zero-order valence-electron chi connectivity index (χ0n) is 7.81. The Kier molecular flexibility index (Phi) is 1.35. The molecule has 0 heterocycles. The Labute approximate surface area is 82.2 Å². The molecule has 0 saturated heterocycles. The van der Waals surface area contributed by atoms with Crippen molar-refractivity contribution in [2.75, 3.05) is 0 Å². The number of fused-ring (bicyclic) bond motifs is 1. The van der Waals surface area contributed by atoms with Crippen LogP contribution in [0.4, 0.5) is 4.39 Å². The van der Waals surface area contributed by atoms with Crippen molar-refractivity contribution in [2.24, 2.45) is 5.41 Å². The van der Waals surface area contributed by atoms with Gasteiger partial charge in [0.05, 0.1) is 11.6 Å². The zero-order valence-corrected chi connectivity index (χ0v) is 7.81. The van der Waals surface area contributed by atoms with E-state index in [1.54, 1.807) is 0 Å². The second kappa shape index (κ2) is 2.36. The van der Waals surface area contributed by atoms with Crippen molar-refractivity contribution in [3.63, 3.8) is 0 Å². The summed E-state index contributed by atoms with van der Waals surface area (Å²) in [5, 5.41) is 8.72. The number of nitriles is 1. The maximum atomic E-state index is 13.6. The minimum atomic E-state index is -0.178. The molecule has 0 bridgehead atoms. The fourth-order valence-corrected chi connectivity index (χ4v) is 2.49. The summed E-state index contributed by atoms with van der Waals surface area (Å²) in [4.78, 5) is 0. The van der Waals surface area contributed by atoms with E-state index in [0.717, 1.165) is 24.0 Å². The minimum absolute atomic E-state index is 0.178. The summed E-state index contributed by atoms with van der Waals surface area (Å²) in [5.74, 6) is -0.178. The van der Waals surface area contributed by atoms with Crippen molar-refractivity contribution < 1.29 is 4.39 Å². The van der Waals surface area contributed by atoms with E-state index in [4.69, 9.17) is 5.26 Å². The van der Waals surface area contributed by atoms with Gasteiger partial charge in [-0.1, -0.05) is 0 Å². The van der Waals surface area contributed by atoms with Crippen LogP contribution in [0.5, 0.6) is 0 Å². The highest BCUT2D eigenvalue weighted by Crippen LogP contribution is 2.55. The quantitative estimate of drug-likeness (QED) is 0.612. The molecule has 2 heteroatoms. The van der Waals surface area contributed by atoms with Crippen molar-refractivity contribution in [3.8, 4) is 6.07 Å². The maximum absolute atomic E-state index is 13.6. The lowest BCUT2D eigenvalue weighted by Crippen LogP contribution is -1.97. The molecule has 1 nitrogen and oxygen atoms in total. The smallest absolute Gasteiger partial charge is 0.128 e. The summed E-state index contributed by atoms with van der Waals surface area (Å²) in [6.07, 6.45) is 4.32. The van der Waals surface area contributed by atoms with Crippen LogP contribution in [0.3, 0.4) is 0 Å². The van der Waals surface area contributed by atoms with Crippen LogP contribution >= 0.6 is 0 Å². The number of rotatable bonds is 0. The molecule has 3 rings (SSSR count). The summed E-state index contributed by atoms with van der Waals surface area (Å²) in [6.45, 7) is 0. The molecular formula is C12H10FN. The summed E-state index contributed by atoms with van der Waals surface area (Å²) in [7, 11) is 0. The fraction of sp³-hybridized carbons (Fsp3) is 0.417. The van der Waals surface area contributed by atoms with Gasteiger partial charge in [-0.2, -0.15) is 5.26 Å². The minimum Gasteiger partial charge on any atom is -0.207 e. The first-order chi connectivity index (χ1) is 6.72. The molecule has 2 aliphatic carbocycles. The first kappa shape index (κ1) is 7.99. The molecule has 0 radical (unpaired) electrons. The van der Waals surface area contributed by atoms with Gasteiger partial charge in [-0.05, 0) is 54.4 Å². The van der Waals surface area contributed by atoms with E-state index in [1.807, 2.05) is 12.1 Å². The summed E-state index contributed by atoms with van der Waals surface area (Å²) >= 11 is 0. The van der Waals surface area contributed by atoms with Crippen LogP contribution in [0, 0.1) is 22.6 Å². The molecule has 1 fully saturated rings. The highest BCUT2D eigenvalue weighted by molar-refractivity contribution is 5.44. The van der Waals surface area contributed by atoms with Gasteiger partial charge in [-0.15, -0.1) is 0 Å². The lowest BCUT2D eigenvalue weighted by Gasteiger charge is -2.00. The predicted molar refractivity (Wildman–Crippen MR) is 50.2 cm³/mol. The van der Waals surface area contributed by atoms with Gasteiger partial charge in [0.1, 0.15) is 5.82 Å². The van der Waals surface area contributed by atoms with Crippen LogP contribution in [0.25, 0.3) is 0 Å². The number of halogens is 1. The third-order valence-corrected chi connectivity index (χ3v) is 3.49. The molecule has 2 aliphatic rings. The largest absolute Gasteiger partial charge is 0.207 e. The molecule has 1 aromatic rings. The molecule has 0 aromatic heterocycles. The first-order valence-electron chi connectivity index (χ1n) is 4.94. The van der Waals surface area contributed by atoms with E-state index < -0.39 is 0 Å². The monoisotopic (exact) mass is 187 g/mol. The summed E-state index contributed by atoms with van der Waals surface area (Å²) in [5.41, 5.74) is 2.77. The van der Waals surface area contributed by atoms with Gasteiger partial charge in [0.2, 0.25) is 0 Å². The van der Waals surface area contributed by atoms with Gasteiger partial charge in [-0.3, -0.25) is 0 Å². The number of benzene rings is 1. The van der Waals surface area contributed by atoms with Gasteiger partial charge in [0.25, 0.3) is 0 Å². The third-order valence-electron chi connectivity index (χ3n) is 3.49. The predicted octanol–water partition coefficient (Wildman–Crippen LogP) is 2.58. The van der Waals surface area contributed by atoms with Crippen molar-refractivity contribution in [2.45, 2.75) is 25.7 Å². The molecule has 0 amide bonds.